The highest BCUT2D eigenvalue weighted by Crippen LogP contribution is 2.26. The van der Waals surface area contributed by atoms with Crippen molar-refractivity contribution in [3.63, 3.8) is 0 Å². The molecule has 7 nitrogen and oxygen atoms in total. The van der Waals surface area contributed by atoms with Crippen LogP contribution in [0.1, 0.15) is 5.01 Å². The van der Waals surface area contributed by atoms with E-state index >= 15 is 0 Å². The molecule has 3 aromatic carbocycles. The topological polar surface area (TPSA) is 69.1 Å². The van der Waals surface area contributed by atoms with Crippen LogP contribution in [0.15, 0.2) is 72.8 Å². The van der Waals surface area contributed by atoms with E-state index in [2.05, 4.69) is 27.0 Å². The maximum absolute atomic E-state index is 11.9. The summed E-state index contributed by atoms with van der Waals surface area (Å²) in [5, 5.41) is 15.3. The van der Waals surface area contributed by atoms with Crippen molar-refractivity contribution in [2.45, 2.75) is 13.0 Å². The summed E-state index contributed by atoms with van der Waals surface area (Å²) in [6.45, 7) is 5.66. The summed E-state index contributed by atoms with van der Waals surface area (Å²) in [5.41, 5.74) is 4.04. The molecule has 1 aromatic heterocycles. The molecule has 0 saturated carbocycles. The standard InChI is InChI=1S/C28H30N4O3S/c1-21-29-27-17-26(11-12-28(27)36-21)35-19-25(34)18-30-13-15-31(16-14-30)32(20-33)24-9-7-23(8-10-24)22-5-3-2-4-6-22/h2-12,17,20,25,34H,13-16,18-19H2,1H3/t25-/m1/s1. The van der Waals surface area contributed by atoms with Crippen LogP contribution >= 0.6 is 11.3 Å². The van der Waals surface area contributed by atoms with Gasteiger partial charge >= 0.3 is 0 Å². The number of piperazine rings is 1. The number of aryl methyl sites for hydroxylation is 1. The van der Waals surface area contributed by atoms with E-state index in [-0.39, 0.29) is 6.61 Å². The number of hydrogen-bond acceptors (Lipinski definition) is 7. The van der Waals surface area contributed by atoms with E-state index in [1.54, 1.807) is 16.3 Å². The third kappa shape index (κ3) is 5.74. The van der Waals surface area contributed by atoms with Gasteiger partial charge in [-0.25, -0.2) is 15.0 Å². The second kappa shape index (κ2) is 11.2. The summed E-state index contributed by atoms with van der Waals surface area (Å²) in [5.74, 6) is 0.719. The first-order chi connectivity index (χ1) is 17.6. The normalized spacial score (nSPS) is 15.6. The van der Waals surface area contributed by atoms with E-state index in [0.717, 1.165) is 57.3 Å². The van der Waals surface area contributed by atoms with E-state index in [1.165, 1.54) is 0 Å². The van der Waals surface area contributed by atoms with Crippen molar-refractivity contribution >= 4 is 33.7 Å². The Morgan fingerprint density at radius 1 is 1.03 bits per heavy atom. The van der Waals surface area contributed by atoms with Crippen molar-refractivity contribution < 1.29 is 14.6 Å². The molecule has 4 aromatic rings. The summed E-state index contributed by atoms with van der Waals surface area (Å²) in [7, 11) is 0. The number of aromatic nitrogens is 1. The maximum atomic E-state index is 11.9. The fourth-order valence-corrected chi connectivity index (χ4v) is 5.33. The molecule has 1 fully saturated rings. The molecule has 0 aliphatic carbocycles. The van der Waals surface area contributed by atoms with Crippen molar-refractivity contribution in [3.8, 4) is 16.9 Å². The van der Waals surface area contributed by atoms with Crippen molar-refractivity contribution in [2.24, 2.45) is 0 Å². The first kappa shape index (κ1) is 24.4. The largest absolute Gasteiger partial charge is 0.491 e. The molecule has 5 rings (SSSR count). The number of rotatable bonds is 9. The highest BCUT2D eigenvalue weighted by atomic mass is 32.1. The molecule has 1 aliphatic rings. The summed E-state index contributed by atoms with van der Waals surface area (Å²) < 4.78 is 6.96. The predicted molar refractivity (Wildman–Crippen MR) is 144 cm³/mol. The first-order valence-electron chi connectivity index (χ1n) is 12.1. The molecule has 8 heteroatoms. The Bertz CT molecular complexity index is 1290. The predicted octanol–water partition coefficient (Wildman–Crippen LogP) is 4.21. The number of aliphatic hydroxyl groups is 1. The number of anilines is 1. The number of β-amino-alcohol motifs (C(OH)–C–C–N with tert-alkyl or cyclic N) is 1. The second-order valence-electron chi connectivity index (χ2n) is 8.94. The van der Waals surface area contributed by atoms with Gasteiger partial charge in [0.2, 0.25) is 6.41 Å². The lowest BCUT2D eigenvalue weighted by atomic mass is 10.1. The summed E-state index contributed by atoms with van der Waals surface area (Å²) in [6.07, 6.45) is 0.272. The minimum atomic E-state index is -0.600. The molecule has 1 N–H and O–H groups in total. The molecule has 1 saturated heterocycles. The summed E-state index contributed by atoms with van der Waals surface area (Å²) in [4.78, 5) is 18.6. The Morgan fingerprint density at radius 3 is 2.47 bits per heavy atom. The van der Waals surface area contributed by atoms with Crippen LogP contribution in [0, 0.1) is 6.92 Å². The van der Waals surface area contributed by atoms with Crippen LogP contribution in [-0.2, 0) is 4.79 Å². The Balaban J connectivity index is 1.10. The molecule has 1 aliphatic heterocycles. The minimum Gasteiger partial charge on any atom is -0.491 e. The summed E-state index contributed by atoms with van der Waals surface area (Å²) in [6, 6.07) is 24.1. The fourth-order valence-electron chi connectivity index (χ4n) is 4.52. The SMILES string of the molecule is Cc1nc2cc(OC[C@H](O)CN3CCN(N(C=O)c4ccc(-c5ccccc5)cc4)CC3)ccc2s1. The van der Waals surface area contributed by atoms with Crippen LogP contribution in [0.3, 0.4) is 0 Å². The van der Waals surface area contributed by atoms with Gasteiger partial charge in [-0.3, -0.25) is 9.69 Å². The van der Waals surface area contributed by atoms with Crippen LogP contribution in [0.2, 0.25) is 0 Å². The van der Waals surface area contributed by atoms with Crippen molar-refractivity contribution in [1.82, 2.24) is 14.9 Å². The highest BCUT2D eigenvalue weighted by molar-refractivity contribution is 7.18. The van der Waals surface area contributed by atoms with E-state index in [0.29, 0.717) is 19.6 Å². The maximum Gasteiger partial charge on any atom is 0.228 e. The number of ether oxygens (including phenoxy) is 1. The van der Waals surface area contributed by atoms with Gasteiger partial charge in [-0.05, 0) is 42.3 Å². The Morgan fingerprint density at radius 2 is 1.75 bits per heavy atom. The average molecular weight is 503 g/mol. The highest BCUT2D eigenvalue weighted by Gasteiger charge is 2.24. The molecule has 0 spiro atoms. The van der Waals surface area contributed by atoms with Crippen LogP contribution in [0.5, 0.6) is 5.75 Å². The third-order valence-electron chi connectivity index (χ3n) is 6.37. The van der Waals surface area contributed by atoms with E-state index in [9.17, 15) is 9.90 Å². The Labute approximate surface area is 215 Å². The number of carbonyl (C=O) groups is 1. The fraction of sp³-hybridized carbons (Fsp3) is 0.286. The lowest BCUT2D eigenvalue weighted by Crippen LogP contribution is -2.55. The average Bonchev–Trinajstić information content (AvgIpc) is 3.29. The number of amides is 1. The lowest BCUT2D eigenvalue weighted by molar-refractivity contribution is -0.110. The number of fused-ring (bicyclic) bond motifs is 1. The zero-order valence-corrected chi connectivity index (χ0v) is 21.1. The zero-order valence-electron chi connectivity index (χ0n) is 20.3. The number of aliphatic hydroxyl groups excluding tert-OH is 1. The number of hydrogen-bond donors (Lipinski definition) is 1. The number of nitrogens with zero attached hydrogens (tertiary/aromatic N) is 4. The number of hydrazine groups is 1. The number of carbonyl (C=O) groups excluding carboxylic acids is 1. The summed E-state index contributed by atoms with van der Waals surface area (Å²) >= 11 is 1.66. The van der Waals surface area contributed by atoms with Crippen molar-refractivity contribution in [2.75, 3.05) is 44.3 Å². The molecular weight excluding hydrogens is 472 g/mol. The van der Waals surface area contributed by atoms with Gasteiger partial charge in [0, 0.05) is 38.8 Å². The van der Waals surface area contributed by atoms with Crippen LogP contribution in [0.4, 0.5) is 5.69 Å². The Kier molecular flexibility index (Phi) is 7.58. The van der Waals surface area contributed by atoms with Gasteiger partial charge in [0.15, 0.2) is 0 Å². The number of thiazole rings is 1. The van der Waals surface area contributed by atoms with Crippen LogP contribution < -0.4 is 9.75 Å². The third-order valence-corrected chi connectivity index (χ3v) is 7.32. The molecule has 0 bridgehead atoms. The van der Waals surface area contributed by atoms with Gasteiger partial charge in [-0.15, -0.1) is 11.3 Å². The molecule has 1 atom stereocenters. The van der Waals surface area contributed by atoms with Crippen LogP contribution in [-0.4, -0.2) is 71.8 Å². The first-order valence-corrected chi connectivity index (χ1v) is 13.0. The van der Waals surface area contributed by atoms with Crippen molar-refractivity contribution in [1.29, 1.82) is 0 Å². The zero-order chi connectivity index (χ0) is 24.9. The smallest absolute Gasteiger partial charge is 0.228 e. The van der Waals surface area contributed by atoms with Gasteiger partial charge in [0.05, 0.1) is 20.9 Å². The van der Waals surface area contributed by atoms with Gasteiger partial charge in [0.25, 0.3) is 0 Å². The van der Waals surface area contributed by atoms with Gasteiger partial charge < -0.3 is 9.84 Å². The van der Waals surface area contributed by atoms with Gasteiger partial charge in [0.1, 0.15) is 18.5 Å². The van der Waals surface area contributed by atoms with Crippen molar-refractivity contribution in [3.05, 3.63) is 77.8 Å². The molecule has 186 valence electrons. The molecule has 1 amide bonds. The molecule has 0 unspecified atom stereocenters. The van der Waals surface area contributed by atoms with E-state index in [1.807, 2.05) is 67.6 Å². The van der Waals surface area contributed by atoms with Gasteiger partial charge in [-0.2, -0.15) is 0 Å². The van der Waals surface area contributed by atoms with E-state index in [4.69, 9.17) is 4.74 Å². The van der Waals surface area contributed by atoms with Crippen LogP contribution in [0.25, 0.3) is 21.3 Å². The number of benzene rings is 3. The minimum absolute atomic E-state index is 0.225. The molecular formula is C28H30N4O3S. The van der Waals surface area contributed by atoms with Gasteiger partial charge in [-0.1, -0.05) is 42.5 Å². The second-order valence-corrected chi connectivity index (χ2v) is 10.2. The Hall–Kier alpha value is -3.30. The van der Waals surface area contributed by atoms with E-state index < -0.39 is 6.10 Å². The molecule has 2 heterocycles. The lowest BCUT2D eigenvalue weighted by Gasteiger charge is -2.39. The molecule has 0 radical (unpaired) electrons. The monoisotopic (exact) mass is 502 g/mol. The quantitative estimate of drug-likeness (QED) is 0.346. The molecule has 36 heavy (non-hydrogen) atoms.